The Morgan fingerprint density at radius 1 is 1.27 bits per heavy atom. The van der Waals surface area contributed by atoms with Gasteiger partial charge in [0, 0.05) is 38.3 Å². The van der Waals surface area contributed by atoms with E-state index in [-0.39, 0.29) is 18.2 Å². The van der Waals surface area contributed by atoms with Gasteiger partial charge in [-0.2, -0.15) is 0 Å². The van der Waals surface area contributed by atoms with Crippen LogP contribution in [-0.2, 0) is 11.8 Å². The van der Waals surface area contributed by atoms with Crippen LogP contribution in [0, 0.1) is 0 Å². The van der Waals surface area contributed by atoms with Crippen LogP contribution in [0.2, 0.25) is 5.15 Å². The van der Waals surface area contributed by atoms with E-state index in [1.165, 1.54) is 0 Å². The number of anilines is 1. The van der Waals surface area contributed by atoms with Crippen LogP contribution in [0.25, 0.3) is 11.2 Å². The SMILES string of the molecule is C[C@@H]1CN(c2cc(Cl)nc3c2ncn3C)[C@@H](C)CN1C(=O)OC(C)(C)C. The van der Waals surface area contributed by atoms with Crippen molar-refractivity contribution in [2.75, 3.05) is 18.0 Å². The van der Waals surface area contributed by atoms with Crippen LogP contribution in [0.3, 0.4) is 0 Å². The maximum absolute atomic E-state index is 12.5. The summed E-state index contributed by atoms with van der Waals surface area (Å²) in [6.07, 6.45) is 1.47. The summed E-state index contributed by atoms with van der Waals surface area (Å²) >= 11 is 6.24. The minimum absolute atomic E-state index is 0.00625. The first-order chi connectivity index (χ1) is 12.1. The van der Waals surface area contributed by atoms with Crippen LogP contribution in [0.15, 0.2) is 12.4 Å². The highest BCUT2D eigenvalue weighted by molar-refractivity contribution is 6.30. The predicted molar refractivity (Wildman–Crippen MR) is 103 cm³/mol. The lowest BCUT2D eigenvalue weighted by Gasteiger charge is -2.45. The maximum atomic E-state index is 12.5. The molecule has 0 aromatic carbocycles. The molecule has 3 heterocycles. The van der Waals surface area contributed by atoms with E-state index in [1.54, 1.807) is 11.2 Å². The molecule has 0 bridgehead atoms. The molecule has 2 atom stereocenters. The van der Waals surface area contributed by atoms with Crippen LogP contribution in [0.4, 0.5) is 10.5 Å². The number of nitrogens with zero attached hydrogens (tertiary/aromatic N) is 5. The second-order valence-electron chi connectivity index (χ2n) is 7.97. The zero-order valence-electron chi connectivity index (χ0n) is 16.2. The molecular formula is C18H26ClN5O2. The van der Waals surface area contributed by atoms with Gasteiger partial charge in [0.2, 0.25) is 0 Å². The Bertz CT molecular complexity index is 829. The van der Waals surface area contributed by atoms with E-state index >= 15 is 0 Å². The first-order valence-electron chi connectivity index (χ1n) is 8.80. The molecular weight excluding hydrogens is 354 g/mol. The van der Waals surface area contributed by atoms with Gasteiger partial charge < -0.3 is 19.1 Å². The van der Waals surface area contributed by atoms with Crippen LogP contribution < -0.4 is 4.90 Å². The number of aryl methyl sites for hydroxylation is 1. The Kier molecular flexibility index (Phi) is 4.77. The molecule has 26 heavy (non-hydrogen) atoms. The molecule has 0 spiro atoms. The van der Waals surface area contributed by atoms with Crippen LogP contribution in [0.5, 0.6) is 0 Å². The third-order valence-corrected chi connectivity index (χ3v) is 4.73. The third kappa shape index (κ3) is 3.58. The summed E-state index contributed by atoms with van der Waals surface area (Å²) in [5, 5.41) is 0.436. The summed E-state index contributed by atoms with van der Waals surface area (Å²) < 4.78 is 7.41. The average molecular weight is 380 g/mol. The van der Waals surface area contributed by atoms with Gasteiger partial charge in [-0.3, -0.25) is 0 Å². The zero-order valence-corrected chi connectivity index (χ0v) is 16.9. The summed E-state index contributed by atoms with van der Waals surface area (Å²) in [5.74, 6) is 0. The van der Waals surface area contributed by atoms with Gasteiger partial charge >= 0.3 is 6.09 Å². The molecule has 142 valence electrons. The number of aromatic nitrogens is 3. The van der Waals surface area contributed by atoms with Gasteiger partial charge in [0.05, 0.1) is 12.0 Å². The van der Waals surface area contributed by atoms with Crippen molar-refractivity contribution in [1.29, 1.82) is 0 Å². The number of fused-ring (bicyclic) bond motifs is 1. The van der Waals surface area contributed by atoms with Crippen LogP contribution >= 0.6 is 11.6 Å². The molecule has 0 aliphatic carbocycles. The smallest absolute Gasteiger partial charge is 0.410 e. The van der Waals surface area contributed by atoms with E-state index in [9.17, 15) is 4.79 Å². The second kappa shape index (κ2) is 6.61. The average Bonchev–Trinajstić information content (AvgIpc) is 2.88. The van der Waals surface area contributed by atoms with E-state index in [0.29, 0.717) is 18.2 Å². The standard InChI is InChI=1S/C18H26ClN5O2/c1-11-9-24(17(25)26-18(3,4)5)12(2)8-23(11)13-7-14(19)21-16-15(13)20-10-22(16)6/h7,10-12H,8-9H2,1-6H3/t11-,12+/m0/s1. The molecule has 8 heteroatoms. The fraction of sp³-hybridized carbons (Fsp3) is 0.611. The number of imidazole rings is 1. The van der Waals surface area contributed by atoms with E-state index in [0.717, 1.165) is 16.9 Å². The zero-order chi connectivity index (χ0) is 19.2. The maximum Gasteiger partial charge on any atom is 0.410 e. The van der Waals surface area contributed by atoms with Gasteiger partial charge in [-0.05, 0) is 34.6 Å². The number of piperazine rings is 1. The lowest BCUT2D eigenvalue weighted by molar-refractivity contribution is 0.0130. The Hall–Kier alpha value is -2.02. The molecule has 1 aliphatic rings. The Balaban J connectivity index is 1.88. The van der Waals surface area contributed by atoms with E-state index in [2.05, 4.69) is 21.8 Å². The predicted octanol–water partition coefficient (Wildman–Crippen LogP) is 3.46. The van der Waals surface area contributed by atoms with Crippen molar-refractivity contribution < 1.29 is 9.53 Å². The lowest BCUT2D eigenvalue weighted by Crippen LogP contribution is -2.59. The summed E-state index contributed by atoms with van der Waals surface area (Å²) in [6.45, 7) is 11.0. The third-order valence-electron chi connectivity index (χ3n) is 4.54. The molecule has 2 aromatic rings. The Morgan fingerprint density at radius 2 is 1.96 bits per heavy atom. The van der Waals surface area contributed by atoms with Gasteiger partial charge in [0.25, 0.3) is 0 Å². The largest absolute Gasteiger partial charge is 0.444 e. The van der Waals surface area contributed by atoms with Gasteiger partial charge in [0.15, 0.2) is 5.65 Å². The minimum Gasteiger partial charge on any atom is -0.444 e. The minimum atomic E-state index is -0.504. The highest BCUT2D eigenvalue weighted by Gasteiger charge is 2.35. The summed E-state index contributed by atoms with van der Waals surface area (Å²) in [6, 6.07) is 1.96. The molecule has 0 radical (unpaired) electrons. The number of carbonyl (C=O) groups excluding carboxylic acids is 1. The van der Waals surface area contributed by atoms with Crippen molar-refractivity contribution >= 4 is 34.5 Å². The van der Waals surface area contributed by atoms with E-state index in [1.807, 2.05) is 45.4 Å². The lowest BCUT2D eigenvalue weighted by atomic mass is 10.1. The molecule has 1 aliphatic heterocycles. The monoisotopic (exact) mass is 379 g/mol. The van der Waals surface area contributed by atoms with Crippen molar-refractivity contribution in [3.63, 3.8) is 0 Å². The first-order valence-corrected chi connectivity index (χ1v) is 9.18. The van der Waals surface area contributed by atoms with Gasteiger partial charge in [0.1, 0.15) is 16.3 Å². The van der Waals surface area contributed by atoms with Crippen LogP contribution in [0.1, 0.15) is 34.6 Å². The molecule has 3 rings (SSSR count). The highest BCUT2D eigenvalue weighted by Crippen LogP contribution is 2.31. The molecule has 0 unspecified atom stereocenters. The van der Waals surface area contributed by atoms with Gasteiger partial charge in [-0.1, -0.05) is 11.6 Å². The summed E-state index contributed by atoms with van der Waals surface area (Å²) in [5.41, 5.74) is 2.02. The van der Waals surface area contributed by atoms with Crippen molar-refractivity contribution in [3.8, 4) is 0 Å². The van der Waals surface area contributed by atoms with Gasteiger partial charge in [-0.25, -0.2) is 14.8 Å². The van der Waals surface area contributed by atoms with E-state index < -0.39 is 5.60 Å². The number of amides is 1. The summed E-state index contributed by atoms with van der Waals surface area (Å²) in [7, 11) is 1.90. The van der Waals surface area contributed by atoms with E-state index in [4.69, 9.17) is 16.3 Å². The molecule has 0 saturated carbocycles. The molecule has 1 saturated heterocycles. The van der Waals surface area contributed by atoms with Crippen LogP contribution in [-0.4, -0.2) is 56.3 Å². The number of hydrogen-bond acceptors (Lipinski definition) is 5. The number of hydrogen-bond donors (Lipinski definition) is 0. The molecule has 1 amide bonds. The molecule has 0 N–H and O–H groups in total. The van der Waals surface area contributed by atoms with Crippen molar-refractivity contribution in [2.24, 2.45) is 7.05 Å². The second-order valence-corrected chi connectivity index (χ2v) is 8.36. The summed E-state index contributed by atoms with van der Waals surface area (Å²) in [4.78, 5) is 25.4. The fourth-order valence-electron chi connectivity index (χ4n) is 3.31. The molecule has 2 aromatic heterocycles. The fourth-order valence-corrected chi connectivity index (χ4v) is 3.49. The first kappa shape index (κ1) is 18.8. The number of carbonyl (C=O) groups is 1. The van der Waals surface area contributed by atoms with Gasteiger partial charge in [-0.15, -0.1) is 0 Å². The number of ether oxygens (including phenoxy) is 1. The quantitative estimate of drug-likeness (QED) is 0.710. The molecule has 1 fully saturated rings. The Labute approximate surface area is 158 Å². The highest BCUT2D eigenvalue weighted by atomic mass is 35.5. The number of pyridine rings is 1. The Morgan fingerprint density at radius 3 is 2.62 bits per heavy atom. The number of halogens is 1. The normalized spacial score (nSPS) is 21.3. The topological polar surface area (TPSA) is 63.5 Å². The molecule has 7 nitrogen and oxygen atoms in total. The van der Waals surface area contributed by atoms with Crippen molar-refractivity contribution in [2.45, 2.75) is 52.3 Å². The van der Waals surface area contributed by atoms with Crippen molar-refractivity contribution in [3.05, 3.63) is 17.5 Å². The van der Waals surface area contributed by atoms with Crippen molar-refractivity contribution in [1.82, 2.24) is 19.4 Å². The number of rotatable bonds is 1.